The minimum atomic E-state index is -0.524. The van der Waals surface area contributed by atoms with Crippen molar-refractivity contribution in [2.75, 3.05) is 39.3 Å². The van der Waals surface area contributed by atoms with Crippen LogP contribution in [0.4, 0.5) is 0 Å². The first kappa shape index (κ1) is 17.8. The van der Waals surface area contributed by atoms with Crippen molar-refractivity contribution in [1.82, 2.24) is 9.80 Å². The summed E-state index contributed by atoms with van der Waals surface area (Å²) >= 11 is 0. The first-order chi connectivity index (χ1) is 11.0. The van der Waals surface area contributed by atoms with E-state index in [1.807, 2.05) is 30.9 Å². The lowest BCUT2D eigenvalue weighted by molar-refractivity contribution is -0.132. The van der Waals surface area contributed by atoms with E-state index in [9.17, 15) is 9.90 Å². The van der Waals surface area contributed by atoms with Crippen LogP contribution in [0.1, 0.15) is 24.5 Å². The zero-order valence-corrected chi connectivity index (χ0v) is 14.4. The molecule has 0 radical (unpaired) electrons. The Bertz CT molecular complexity index is 525. The lowest BCUT2D eigenvalue weighted by Gasteiger charge is -2.35. The van der Waals surface area contributed by atoms with Gasteiger partial charge in [0, 0.05) is 39.1 Å². The van der Waals surface area contributed by atoms with Crippen molar-refractivity contribution in [2.45, 2.75) is 33.3 Å². The number of aliphatic hydroxyl groups is 1. The van der Waals surface area contributed by atoms with E-state index < -0.39 is 6.10 Å². The molecule has 5 nitrogen and oxygen atoms in total. The molecule has 1 heterocycles. The summed E-state index contributed by atoms with van der Waals surface area (Å²) in [5, 5.41) is 10.2. The van der Waals surface area contributed by atoms with Gasteiger partial charge in [-0.1, -0.05) is 24.6 Å². The number of ether oxygens (including phenoxy) is 1. The predicted molar refractivity (Wildman–Crippen MR) is 90.7 cm³/mol. The van der Waals surface area contributed by atoms with Crippen molar-refractivity contribution >= 4 is 5.91 Å². The van der Waals surface area contributed by atoms with E-state index in [1.165, 1.54) is 5.56 Å². The Hall–Kier alpha value is -1.59. The molecule has 1 fully saturated rings. The standard InChI is InChI=1S/C18H28N2O3/c1-4-18(22)20-9-7-19(8-10-20)12-16(21)13-23-17-6-5-14(2)11-15(17)3/h5-6,11,16,21H,4,7-10,12-13H2,1-3H3. The van der Waals surface area contributed by atoms with Crippen molar-refractivity contribution in [1.29, 1.82) is 0 Å². The zero-order chi connectivity index (χ0) is 16.8. The van der Waals surface area contributed by atoms with Crippen LogP contribution in [0.2, 0.25) is 0 Å². The Labute approximate surface area is 138 Å². The van der Waals surface area contributed by atoms with Gasteiger partial charge < -0.3 is 14.7 Å². The number of aliphatic hydroxyl groups excluding tert-OH is 1. The summed E-state index contributed by atoms with van der Waals surface area (Å²) in [6.45, 7) is 9.94. The molecule has 5 heteroatoms. The maximum absolute atomic E-state index is 11.6. The highest BCUT2D eigenvalue weighted by Crippen LogP contribution is 2.19. The molecular formula is C18H28N2O3. The molecule has 1 saturated heterocycles. The Kier molecular flexibility index (Phi) is 6.42. The third kappa shape index (κ3) is 5.22. The first-order valence-electron chi connectivity index (χ1n) is 8.38. The van der Waals surface area contributed by atoms with Crippen molar-refractivity contribution in [3.8, 4) is 5.75 Å². The third-order valence-electron chi connectivity index (χ3n) is 4.26. The normalized spacial score (nSPS) is 17.1. The summed E-state index contributed by atoms with van der Waals surface area (Å²) in [6, 6.07) is 6.04. The van der Waals surface area contributed by atoms with Crippen molar-refractivity contribution in [3.05, 3.63) is 29.3 Å². The molecule has 1 aliphatic rings. The van der Waals surface area contributed by atoms with Gasteiger partial charge >= 0.3 is 0 Å². The molecule has 1 N–H and O–H groups in total. The fourth-order valence-corrected chi connectivity index (χ4v) is 2.90. The summed E-state index contributed by atoms with van der Waals surface area (Å²) < 4.78 is 5.73. The molecule has 0 spiro atoms. The number of hydrogen-bond acceptors (Lipinski definition) is 4. The highest BCUT2D eigenvalue weighted by molar-refractivity contribution is 5.75. The van der Waals surface area contributed by atoms with Gasteiger partial charge in [0.25, 0.3) is 0 Å². The van der Waals surface area contributed by atoms with Gasteiger partial charge in [0.2, 0.25) is 5.91 Å². The lowest BCUT2D eigenvalue weighted by atomic mass is 10.1. The number of carbonyl (C=O) groups excluding carboxylic acids is 1. The summed E-state index contributed by atoms with van der Waals surface area (Å²) in [6.07, 6.45) is 0.0379. The Morgan fingerprint density at radius 2 is 1.96 bits per heavy atom. The van der Waals surface area contributed by atoms with Gasteiger partial charge in [-0.05, 0) is 25.5 Å². The van der Waals surface area contributed by atoms with Crippen LogP contribution in [0.25, 0.3) is 0 Å². The van der Waals surface area contributed by atoms with Crippen LogP contribution in [0.5, 0.6) is 5.75 Å². The molecule has 128 valence electrons. The van der Waals surface area contributed by atoms with E-state index in [-0.39, 0.29) is 12.5 Å². The Morgan fingerprint density at radius 1 is 1.26 bits per heavy atom. The maximum Gasteiger partial charge on any atom is 0.222 e. The summed E-state index contributed by atoms with van der Waals surface area (Å²) in [5.74, 6) is 1.04. The molecule has 23 heavy (non-hydrogen) atoms. The number of piperazine rings is 1. The molecule has 0 aliphatic carbocycles. The van der Waals surface area contributed by atoms with E-state index in [4.69, 9.17) is 4.74 Å². The highest BCUT2D eigenvalue weighted by Gasteiger charge is 2.21. The number of hydrogen-bond donors (Lipinski definition) is 1. The smallest absolute Gasteiger partial charge is 0.222 e. The van der Waals surface area contributed by atoms with Crippen LogP contribution >= 0.6 is 0 Å². The number of nitrogens with zero attached hydrogens (tertiary/aromatic N) is 2. The van der Waals surface area contributed by atoms with E-state index in [0.29, 0.717) is 13.0 Å². The molecule has 1 aromatic carbocycles. The van der Waals surface area contributed by atoms with E-state index in [0.717, 1.165) is 37.5 Å². The maximum atomic E-state index is 11.6. The number of aryl methyl sites for hydroxylation is 2. The second kappa shape index (κ2) is 8.31. The summed E-state index contributed by atoms with van der Waals surface area (Å²) in [4.78, 5) is 15.7. The lowest BCUT2D eigenvalue weighted by Crippen LogP contribution is -2.50. The van der Waals surface area contributed by atoms with Gasteiger partial charge in [-0.2, -0.15) is 0 Å². The van der Waals surface area contributed by atoms with Crippen LogP contribution in [-0.4, -0.2) is 66.2 Å². The second-order valence-electron chi connectivity index (χ2n) is 6.27. The van der Waals surface area contributed by atoms with Crippen LogP contribution in [0, 0.1) is 13.8 Å². The third-order valence-corrected chi connectivity index (χ3v) is 4.26. The first-order valence-corrected chi connectivity index (χ1v) is 8.38. The molecule has 1 aliphatic heterocycles. The molecule has 0 aromatic heterocycles. The van der Waals surface area contributed by atoms with Crippen LogP contribution in [0.15, 0.2) is 18.2 Å². The van der Waals surface area contributed by atoms with Gasteiger partial charge in [-0.25, -0.2) is 0 Å². The largest absolute Gasteiger partial charge is 0.491 e. The minimum Gasteiger partial charge on any atom is -0.491 e. The van der Waals surface area contributed by atoms with Crippen molar-refractivity contribution in [3.63, 3.8) is 0 Å². The molecule has 1 atom stereocenters. The Morgan fingerprint density at radius 3 is 2.57 bits per heavy atom. The van der Waals surface area contributed by atoms with E-state index in [1.54, 1.807) is 0 Å². The fourth-order valence-electron chi connectivity index (χ4n) is 2.90. The number of β-amino-alcohol motifs (C(OH)–C–C–N with tert-alkyl or cyclic N) is 1. The quantitative estimate of drug-likeness (QED) is 0.865. The number of rotatable bonds is 6. The topological polar surface area (TPSA) is 53.0 Å². The zero-order valence-electron chi connectivity index (χ0n) is 14.4. The highest BCUT2D eigenvalue weighted by atomic mass is 16.5. The average Bonchev–Trinajstić information content (AvgIpc) is 2.54. The predicted octanol–water partition coefficient (Wildman–Crippen LogP) is 1.60. The molecular weight excluding hydrogens is 292 g/mol. The monoisotopic (exact) mass is 320 g/mol. The fraction of sp³-hybridized carbons (Fsp3) is 0.611. The second-order valence-corrected chi connectivity index (χ2v) is 6.27. The molecule has 0 bridgehead atoms. The van der Waals surface area contributed by atoms with Gasteiger partial charge in [0.05, 0.1) is 0 Å². The molecule has 1 unspecified atom stereocenters. The van der Waals surface area contributed by atoms with Crippen LogP contribution in [-0.2, 0) is 4.79 Å². The van der Waals surface area contributed by atoms with Crippen LogP contribution < -0.4 is 4.74 Å². The molecule has 2 rings (SSSR count). The SMILES string of the molecule is CCC(=O)N1CCN(CC(O)COc2ccc(C)cc2C)CC1. The number of carbonyl (C=O) groups is 1. The molecule has 1 amide bonds. The van der Waals surface area contributed by atoms with Gasteiger partial charge in [-0.15, -0.1) is 0 Å². The molecule has 1 aromatic rings. The van der Waals surface area contributed by atoms with Crippen molar-refractivity contribution in [2.24, 2.45) is 0 Å². The van der Waals surface area contributed by atoms with E-state index >= 15 is 0 Å². The molecule has 0 saturated carbocycles. The average molecular weight is 320 g/mol. The van der Waals surface area contributed by atoms with Gasteiger partial charge in [0.15, 0.2) is 0 Å². The van der Waals surface area contributed by atoms with E-state index in [2.05, 4.69) is 17.9 Å². The summed E-state index contributed by atoms with van der Waals surface area (Å²) in [5.41, 5.74) is 2.29. The minimum absolute atomic E-state index is 0.211. The van der Waals surface area contributed by atoms with Gasteiger partial charge in [0.1, 0.15) is 18.5 Å². The summed E-state index contributed by atoms with van der Waals surface area (Å²) in [7, 11) is 0. The van der Waals surface area contributed by atoms with Crippen LogP contribution in [0.3, 0.4) is 0 Å². The Balaban J connectivity index is 1.73. The number of amides is 1. The number of benzene rings is 1. The van der Waals surface area contributed by atoms with Crippen molar-refractivity contribution < 1.29 is 14.6 Å². The van der Waals surface area contributed by atoms with Gasteiger partial charge in [-0.3, -0.25) is 9.69 Å².